The molecule has 0 saturated carbocycles. The van der Waals surface area contributed by atoms with Crippen molar-refractivity contribution in [3.8, 4) is 11.1 Å². The van der Waals surface area contributed by atoms with Gasteiger partial charge in [0.05, 0.1) is 0 Å². The van der Waals surface area contributed by atoms with Crippen molar-refractivity contribution in [2.45, 2.75) is 37.8 Å². The van der Waals surface area contributed by atoms with Crippen LogP contribution in [0.25, 0.3) is 11.1 Å². The Morgan fingerprint density at radius 2 is 1.48 bits per heavy atom. The van der Waals surface area contributed by atoms with Gasteiger partial charge in [0.2, 0.25) is 5.91 Å². The van der Waals surface area contributed by atoms with Crippen LogP contribution in [-0.4, -0.2) is 51.4 Å². The second-order valence-electron chi connectivity index (χ2n) is 9.77. The van der Waals surface area contributed by atoms with Crippen molar-refractivity contribution in [1.82, 2.24) is 19.4 Å². The summed E-state index contributed by atoms with van der Waals surface area (Å²) < 4.78 is 14.9. The van der Waals surface area contributed by atoms with Crippen molar-refractivity contribution < 1.29 is 9.18 Å². The summed E-state index contributed by atoms with van der Waals surface area (Å²) in [6, 6.07) is 22.0. The molecule has 1 heterocycles. The van der Waals surface area contributed by atoms with Crippen LogP contribution in [-0.2, 0) is 23.6 Å². The smallest absolute Gasteiger partial charge is 0.292 e. The zero-order chi connectivity index (χ0) is 30.1. The number of rotatable bonds is 13. The largest absolute Gasteiger partial charge is 0.336 e. The van der Waals surface area contributed by atoms with Crippen molar-refractivity contribution in [2.24, 2.45) is 0 Å². The fraction of sp³-hybridized carbons (Fsp3) is 0.281. The highest BCUT2D eigenvalue weighted by Crippen LogP contribution is 2.24. The molecule has 0 spiro atoms. The summed E-state index contributed by atoms with van der Waals surface area (Å²) in [5, 5.41) is 1.01. The number of hydrogen-bond acceptors (Lipinski definition) is 5. The lowest BCUT2D eigenvalue weighted by atomic mass is 10.0. The van der Waals surface area contributed by atoms with E-state index in [0.29, 0.717) is 29.0 Å². The molecule has 4 aromatic rings. The second kappa shape index (κ2) is 15.3. The Morgan fingerprint density at radius 1 is 0.881 bits per heavy atom. The fourth-order valence-electron chi connectivity index (χ4n) is 4.41. The Labute approximate surface area is 260 Å². The van der Waals surface area contributed by atoms with Crippen LogP contribution >= 0.6 is 35.0 Å². The summed E-state index contributed by atoms with van der Waals surface area (Å²) in [4.78, 5) is 34.3. The quantitative estimate of drug-likeness (QED) is 0.118. The van der Waals surface area contributed by atoms with E-state index in [2.05, 4.69) is 23.7 Å². The lowest BCUT2D eigenvalue weighted by Crippen LogP contribution is -2.40. The van der Waals surface area contributed by atoms with Gasteiger partial charge in [-0.3, -0.25) is 9.59 Å². The predicted molar refractivity (Wildman–Crippen MR) is 170 cm³/mol. The minimum absolute atomic E-state index is 0.0279. The molecule has 0 radical (unpaired) electrons. The number of thioether (sulfide) groups is 1. The molecule has 4 rings (SSSR count). The Bertz CT molecular complexity index is 1530. The van der Waals surface area contributed by atoms with Crippen LogP contribution in [0, 0.1) is 5.82 Å². The molecule has 0 saturated heterocycles. The molecular weight excluding hydrogens is 594 g/mol. The third-order valence-corrected chi connectivity index (χ3v) is 8.51. The highest BCUT2D eigenvalue weighted by molar-refractivity contribution is 7.98. The average molecular weight is 628 g/mol. The van der Waals surface area contributed by atoms with Gasteiger partial charge in [-0.15, -0.1) is 0 Å². The number of nitrogens with zero attached hydrogens (tertiary/aromatic N) is 4. The Balaban J connectivity index is 1.53. The predicted octanol–water partition coefficient (Wildman–Crippen LogP) is 7.02. The van der Waals surface area contributed by atoms with Crippen LogP contribution in [0.3, 0.4) is 0 Å². The summed E-state index contributed by atoms with van der Waals surface area (Å²) in [5.74, 6) is 0.0168. The lowest BCUT2D eigenvalue weighted by Gasteiger charge is -2.27. The lowest BCUT2D eigenvalue weighted by molar-refractivity contribution is -0.132. The van der Waals surface area contributed by atoms with Crippen molar-refractivity contribution in [3.63, 3.8) is 0 Å². The van der Waals surface area contributed by atoms with Crippen molar-refractivity contribution in [3.05, 3.63) is 116 Å². The van der Waals surface area contributed by atoms with Crippen LogP contribution in [0.2, 0.25) is 10.0 Å². The molecule has 42 heavy (non-hydrogen) atoms. The molecule has 0 aliphatic rings. The van der Waals surface area contributed by atoms with Crippen LogP contribution in [0.5, 0.6) is 0 Å². The maximum absolute atomic E-state index is 13.8. The standard InChI is InChI=1S/C32H33Cl2FN4O2S/c1-3-37(4-2)17-18-38(19-23-5-9-25(10-6-23)26-11-13-27(33)14-12-26)30(40)21-39-20-29(34)31(41)36-32(39)42-22-24-7-15-28(35)16-8-24/h5-16,20H,3-4,17-19,21-22H2,1-2H3. The second-order valence-corrected chi connectivity index (χ2v) is 11.6. The topological polar surface area (TPSA) is 58.4 Å². The van der Waals surface area contributed by atoms with Crippen LogP contribution < -0.4 is 5.56 Å². The number of amides is 1. The van der Waals surface area contributed by atoms with Gasteiger partial charge in [-0.05, 0) is 59.6 Å². The van der Waals surface area contributed by atoms with Gasteiger partial charge in [-0.2, -0.15) is 4.98 Å². The third-order valence-electron chi connectivity index (χ3n) is 6.94. The molecule has 3 aromatic carbocycles. The number of aromatic nitrogens is 2. The monoisotopic (exact) mass is 626 g/mol. The first-order chi connectivity index (χ1) is 20.2. The van der Waals surface area contributed by atoms with E-state index in [0.717, 1.165) is 41.9 Å². The van der Waals surface area contributed by atoms with E-state index in [4.69, 9.17) is 23.2 Å². The van der Waals surface area contributed by atoms with E-state index in [-0.39, 0.29) is 23.3 Å². The van der Waals surface area contributed by atoms with E-state index >= 15 is 0 Å². The molecule has 0 unspecified atom stereocenters. The first kappa shape index (κ1) is 31.8. The number of carbonyl (C=O) groups excluding carboxylic acids is 1. The van der Waals surface area contributed by atoms with Gasteiger partial charge in [-0.1, -0.05) is 97.3 Å². The van der Waals surface area contributed by atoms with Gasteiger partial charge in [0.25, 0.3) is 5.56 Å². The van der Waals surface area contributed by atoms with Gasteiger partial charge in [0.15, 0.2) is 5.16 Å². The summed E-state index contributed by atoms with van der Waals surface area (Å²) in [5.41, 5.74) is 3.44. The maximum Gasteiger partial charge on any atom is 0.292 e. The maximum atomic E-state index is 13.8. The molecule has 0 atom stereocenters. The Hall–Kier alpha value is -3.17. The minimum Gasteiger partial charge on any atom is -0.336 e. The van der Waals surface area contributed by atoms with E-state index in [1.165, 1.54) is 30.1 Å². The molecule has 6 nitrogen and oxygen atoms in total. The van der Waals surface area contributed by atoms with Crippen LogP contribution in [0.1, 0.15) is 25.0 Å². The van der Waals surface area contributed by atoms with E-state index in [9.17, 15) is 14.0 Å². The zero-order valence-corrected chi connectivity index (χ0v) is 25.9. The molecule has 0 aliphatic heterocycles. The van der Waals surface area contributed by atoms with E-state index < -0.39 is 5.56 Å². The molecule has 0 aliphatic carbocycles. The van der Waals surface area contributed by atoms with Crippen LogP contribution in [0.15, 0.2) is 88.9 Å². The molecule has 220 valence electrons. The van der Waals surface area contributed by atoms with E-state index in [1.54, 1.807) is 16.7 Å². The summed E-state index contributed by atoms with van der Waals surface area (Å²) in [6.45, 7) is 7.65. The number of benzene rings is 3. The van der Waals surface area contributed by atoms with E-state index in [1.807, 2.05) is 53.4 Å². The number of likely N-dealkylation sites (N-methyl/N-ethyl adjacent to an activating group) is 1. The SMILES string of the molecule is CCN(CC)CCN(Cc1ccc(-c2ccc(Cl)cc2)cc1)C(=O)Cn1cc(Cl)c(=O)nc1SCc1ccc(F)cc1. The third kappa shape index (κ3) is 8.91. The number of hydrogen-bond donors (Lipinski definition) is 0. The first-order valence-electron chi connectivity index (χ1n) is 13.7. The van der Waals surface area contributed by atoms with Crippen LogP contribution in [0.4, 0.5) is 4.39 Å². The summed E-state index contributed by atoms with van der Waals surface area (Å²) in [7, 11) is 0. The van der Waals surface area contributed by atoms with Gasteiger partial charge in [0.1, 0.15) is 17.4 Å². The van der Waals surface area contributed by atoms with Crippen molar-refractivity contribution in [2.75, 3.05) is 26.2 Å². The summed E-state index contributed by atoms with van der Waals surface area (Å²) >= 11 is 13.5. The van der Waals surface area contributed by atoms with Crippen molar-refractivity contribution >= 4 is 40.9 Å². The minimum atomic E-state index is -0.555. The molecule has 1 aromatic heterocycles. The molecule has 0 N–H and O–H groups in total. The zero-order valence-electron chi connectivity index (χ0n) is 23.6. The van der Waals surface area contributed by atoms with Gasteiger partial charge in [-0.25, -0.2) is 4.39 Å². The number of halogens is 3. The van der Waals surface area contributed by atoms with Gasteiger partial charge >= 0.3 is 0 Å². The molecule has 0 bridgehead atoms. The fourth-order valence-corrected chi connectivity index (χ4v) is 5.62. The normalized spacial score (nSPS) is 11.2. The molecule has 0 fully saturated rings. The van der Waals surface area contributed by atoms with Crippen molar-refractivity contribution in [1.29, 1.82) is 0 Å². The first-order valence-corrected chi connectivity index (χ1v) is 15.5. The van der Waals surface area contributed by atoms with Gasteiger partial charge < -0.3 is 14.4 Å². The molecule has 1 amide bonds. The highest BCUT2D eigenvalue weighted by atomic mass is 35.5. The summed E-state index contributed by atoms with van der Waals surface area (Å²) in [6.07, 6.45) is 1.46. The molecular formula is C32H33Cl2FN4O2S. The highest BCUT2D eigenvalue weighted by Gasteiger charge is 2.19. The Morgan fingerprint density at radius 3 is 2.10 bits per heavy atom. The van der Waals surface area contributed by atoms with Gasteiger partial charge in [0, 0.05) is 36.6 Å². The Kier molecular flexibility index (Phi) is 11.6. The number of carbonyl (C=O) groups is 1. The molecule has 10 heteroatoms. The average Bonchev–Trinajstić information content (AvgIpc) is 2.99.